The fourth-order valence-corrected chi connectivity index (χ4v) is 2.14. The smallest absolute Gasteiger partial charge is 0.321 e. The van der Waals surface area contributed by atoms with Crippen molar-refractivity contribution in [3.8, 4) is 5.75 Å². The van der Waals surface area contributed by atoms with Crippen LogP contribution in [0, 0.1) is 5.82 Å². The molecule has 0 radical (unpaired) electrons. The molecule has 2 aromatic rings. The second-order valence-corrected chi connectivity index (χ2v) is 5.20. The van der Waals surface area contributed by atoms with Gasteiger partial charge in [0.05, 0.1) is 12.8 Å². The Labute approximate surface area is 133 Å². The van der Waals surface area contributed by atoms with E-state index in [-0.39, 0.29) is 18.4 Å². The SMILES string of the molecule is COc1ccc(Cl)cc1NC(=O)N(C)Cc1cccc(F)c1. The summed E-state index contributed by atoms with van der Waals surface area (Å²) in [7, 11) is 3.13. The van der Waals surface area contributed by atoms with Crippen molar-refractivity contribution in [1.29, 1.82) is 0 Å². The molecule has 22 heavy (non-hydrogen) atoms. The number of carbonyl (C=O) groups excluding carboxylic acids is 1. The van der Waals surface area contributed by atoms with E-state index in [1.807, 2.05) is 0 Å². The highest BCUT2D eigenvalue weighted by Gasteiger charge is 2.13. The van der Waals surface area contributed by atoms with Crippen molar-refractivity contribution in [2.45, 2.75) is 6.54 Å². The number of urea groups is 1. The van der Waals surface area contributed by atoms with E-state index in [1.54, 1.807) is 37.4 Å². The van der Waals surface area contributed by atoms with E-state index in [0.717, 1.165) is 0 Å². The number of halogens is 2. The summed E-state index contributed by atoms with van der Waals surface area (Å²) in [5, 5.41) is 3.21. The van der Waals surface area contributed by atoms with Crippen LogP contribution >= 0.6 is 11.6 Å². The first-order chi connectivity index (χ1) is 10.5. The summed E-state index contributed by atoms with van der Waals surface area (Å²) in [4.78, 5) is 13.6. The number of amides is 2. The minimum absolute atomic E-state index is 0.284. The number of nitrogens with zero attached hydrogens (tertiary/aromatic N) is 1. The second-order valence-electron chi connectivity index (χ2n) is 4.76. The van der Waals surface area contributed by atoms with Gasteiger partial charge in [-0.05, 0) is 35.9 Å². The van der Waals surface area contributed by atoms with Crippen LogP contribution in [0.3, 0.4) is 0 Å². The van der Waals surface area contributed by atoms with Crippen LogP contribution < -0.4 is 10.1 Å². The maximum absolute atomic E-state index is 13.2. The Morgan fingerprint density at radius 2 is 2.09 bits per heavy atom. The van der Waals surface area contributed by atoms with Gasteiger partial charge in [-0.15, -0.1) is 0 Å². The molecule has 0 bridgehead atoms. The molecule has 0 saturated carbocycles. The van der Waals surface area contributed by atoms with Crippen LogP contribution in [0.1, 0.15) is 5.56 Å². The van der Waals surface area contributed by atoms with Crippen molar-refractivity contribution in [2.75, 3.05) is 19.5 Å². The molecule has 0 unspecified atom stereocenters. The second kappa shape index (κ2) is 7.13. The van der Waals surface area contributed by atoms with E-state index in [4.69, 9.17) is 16.3 Å². The predicted octanol–water partition coefficient (Wildman–Crippen LogP) is 4.15. The lowest BCUT2D eigenvalue weighted by Crippen LogP contribution is -2.31. The van der Waals surface area contributed by atoms with Gasteiger partial charge in [0, 0.05) is 18.6 Å². The number of hydrogen-bond acceptors (Lipinski definition) is 2. The van der Waals surface area contributed by atoms with Crippen molar-refractivity contribution < 1.29 is 13.9 Å². The van der Waals surface area contributed by atoms with Crippen molar-refractivity contribution in [3.63, 3.8) is 0 Å². The highest BCUT2D eigenvalue weighted by molar-refractivity contribution is 6.31. The largest absolute Gasteiger partial charge is 0.495 e. The standard InChI is InChI=1S/C16H16ClFN2O2/c1-20(10-11-4-3-5-13(18)8-11)16(21)19-14-9-12(17)6-7-15(14)22-2/h3-9H,10H2,1-2H3,(H,19,21). The van der Waals surface area contributed by atoms with E-state index >= 15 is 0 Å². The number of carbonyl (C=O) groups is 1. The minimum Gasteiger partial charge on any atom is -0.495 e. The summed E-state index contributed by atoms with van der Waals surface area (Å²) in [5.41, 5.74) is 1.18. The van der Waals surface area contributed by atoms with Crippen molar-refractivity contribution >= 4 is 23.3 Å². The maximum atomic E-state index is 13.2. The molecule has 2 amide bonds. The van der Waals surface area contributed by atoms with Gasteiger partial charge in [-0.25, -0.2) is 9.18 Å². The molecule has 0 aliphatic carbocycles. The lowest BCUT2D eigenvalue weighted by Gasteiger charge is -2.19. The quantitative estimate of drug-likeness (QED) is 0.918. The normalized spacial score (nSPS) is 10.2. The van der Waals surface area contributed by atoms with E-state index in [2.05, 4.69) is 5.32 Å². The monoisotopic (exact) mass is 322 g/mol. The summed E-state index contributed by atoms with van der Waals surface area (Å²) < 4.78 is 18.3. The first kappa shape index (κ1) is 16.1. The van der Waals surface area contributed by atoms with Gasteiger partial charge in [-0.1, -0.05) is 23.7 Å². The fourth-order valence-electron chi connectivity index (χ4n) is 1.97. The van der Waals surface area contributed by atoms with Crippen LogP contribution in [-0.2, 0) is 6.54 Å². The predicted molar refractivity (Wildman–Crippen MR) is 84.9 cm³/mol. The summed E-state index contributed by atoms with van der Waals surface area (Å²) >= 11 is 5.92. The number of ether oxygens (including phenoxy) is 1. The summed E-state index contributed by atoms with van der Waals surface area (Å²) in [5.74, 6) is 0.180. The Bertz CT molecular complexity index is 679. The molecule has 0 saturated heterocycles. The van der Waals surface area contributed by atoms with E-state index in [9.17, 15) is 9.18 Å². The zero-order chi connectivity index (χ0) is 16.1. The Morgan fingerprint density at radius 3 is 2.77 bits per heavy atom. The number of hydrogen-bond donors (Lipinski definition) is 1. The molecule has 2 aromatic carbocycles. The van der Waals surface area contributed by atoms with Gasteiger partial charge in [-0.3, -0.25) is 0 Å². The summed E-state index contributed by atoms with van der Waals surface area (Å²) in [6, 6.07) is 10.7. The number of anilines is 1. The van der Waals surface area contributed by atoms with Gasteiger partial charge in [-0.2, -0.15) is 0 Å². The molecule has 6 heteroatoms. The Balaban J connectivity index is 2.07. The van der Waals surface area contributed by atoms with Gasteiger partial charge < -0.3 is 15.0 Å². The highest BCUT2D eigenvalue weighted by atomic mass is 35.5. The summed E-state index contributed by atoms with van der Waals surface area (Å²) in [6.45, 7) is 0.284. The molecule has 0 spiro atoms. The molecule has 0 atom stereocenters. The highest BCUT2D eigenvalue weighted by Crippen LogP contribution is 2.27. The Hall–Kier alpha value is -2.27. The topological polar surface area (TPSA) is 41.6 Å². The van der Waals surface area contributed by atoms with Crippen LogP contribution in [0.5, 0.6) is 5.75 Å². The van der Waals surface area contributed by atoms with Gasteiger partial charge >= 0.3 is 6.03 Å². The first-order valence-corrected chi connectivity index (χ1v) is 6.97. The van der Waals surface area contributed by atoms with Crippen molar-refractivity contribution in [2.24, 2.45) is 0 Å². The van der Waals surface area contributed by atoms with Gasteiger partial charge in [0.25, 0.3) is 0 Å². The van der Waals surface area contributed by atoms with Gasteiger partial charge in [0.2, 0.25) is 0 Å². The summed E-state index contributed by atoms with van der Waals surface area (Å²) in [6.07, 6.45) is 0. The van der Waals surface area contributed by atoms with Crippen LogP contribution in [0.25, 0.3) is 0 Å². The lowest BCUT2D eigenvalue weighted by molar-refractivity contribution is 0.220. The Kier molecular flexibility index (Phi) is 5.22. The number of methoxy groups -OCH3 is 1. The van der Waals surface area contributed by atoms with E-state index in [1.165, 1.54) is 24.1 Å². The number of rotatable bonds is 4. The number of nitrogens with one attached hydrogen (secondary N) is 1. The average molecular weight is 323 g/mol. The van der Waals surface area contributed by atoms with E-state index in [0.29, 0.717) is 22.0 Å². The molecule has 0 heterocycles. The fraction of sp³-hybridized carbons (Fsp3) is 0.188. The van der Waals surface area contributed by atoms with Crippen molar-refractivity contribution in [3.05, 3.63) is 58.9 Å². The Morgan fingerprint density at radius 1 is 1.32 bits per heavy atom. The molecule has 116 valence electrons. The molecule has 2 rings (SSSR count). The average Bonchev–Trinajstić information content (AvgIpc) is 2.47. The molecule has 0 aliphatic rings. The van der Waals surface area contributed by atoms with Gasteiger partial charge in [0.15, 0.2) is 0 Å². The molecular weight excluding hydrogens is 307 g/mol. The third kappa shape index (κ3) is 4.11. The third-order valence-electron chi connectivity index (χ3n) is 3.06. The molecule has 0 aromatic heterocycles. The first-order valence-electron chi connectivity index (χ1n) is 6.59. The van der Waals surface area contributed by atoms with Crippen LogP contribution in [0.15, 0.2) is 42.5 Å². The van der Waals surface area contributed by atoms with E-state index < -0.39 is 0 Å². The lowest BCUT2D eigenvalue weighted by atomic mass is 10.2. The van der Waals surface area contributed by atoms with Crippen LogP contribution in [-0.4, -0.2) is 25.1 Å². The van der Waals surface area contributed by atoms with Crippen LogP contribution in [0.2, 0.25) is 5.02 Å². The minimum atomic E-state index is -0.343. The zero-order valence-electron chi connectivity index (χ0n) is 12.3. The molecule has 0 fully saturated rings. The molecular formula is C16H16ClFN2O2. The van der Waals surface area contributed by atoms with Crippen LogP contribution in [0.4, 0.5) is 14.9 Å². The van der Waals surface area contributed by atoms with Crippen molar-refractivity contribution in [1.82, 2.24) is 4.90 Å². The third-order valence-corrected chi connectivity index (χ3v) is 3.29. The maximum Gasteiger partial charge on any atom is 0.321 e. The zero-order valence-corrected chi connectivity index (χ0v) is 13.0. The number of benzene rings is 2. The molecule has 4 nitrogen and oxygen atoms in total. The van der Waals surface area contributed by atoms with Gasteiger partial charge in [0.1, 0.15) is 11.6 Å². The molecule has 0 aliphatic heterocycles. The molecule has 1 N–H and O–H groups in total.